The Morgan fingerprint density at radius 1 is 0.968 bits per heavy atom. The molecule has 12 heteroatoms. The Morgan fingerprint density at radius 2 is 1.61 bits per heavy atom. The van der Waals surface area contributed by atoms with Crippen molar-refractivity contribution in [1.29, 1.82) is 5.41 Å². The van der Waals surface area contributed by atoms with Crippen LogP contribution in [-0.4, -0.2) is 66.2 Å². The molecule has 0 radical (unpaired) electrons. The third kappa shape index (κ3) is 17.5. The Bertz CT molecular complexity index is 619. The summed E-state index contributed by atoms with van der Waals surface area (Å²) in [4.78, 5) is 46.4. The predicted octanol–water partition coefficient (Wildman–Crippen LogP) is 0.0204. The minimum absolute atomic E-state index is 0.159. The van der Waals surface area contributed by atoms with Gasteiger partial charge in [0.25, 0.3) is 0 Å². The highest BCUT2D eigenvalue weighted by molar-refractivity contribution is 5.87. The summed E-state index contributed by atoms with van der Waals surface area (Å²) in [5.74, 6) is -2.30. The molecule has 0 aliphatic rings. The Balaban J connectivity index is 3.92. The lowest BCUT2D eigenvalue weighted by molar-refractivity contribution is -0.141. The summed E-state index contributed by atoms with van der Waals surface area (Å²) < 4.78 is 5.11. The monoisotopic (exact) mass is 444 g/mol. The van der Waals surface area contributed by atoms with Crippen molar-refractivity contribution in [3.63, 3.8) is 0 Å². The van der Waals surface area contributed by atoms with Crippen LogP contribution in [0.1, 0.15) is 59.3 Å². The fraction of sp³-hybridized carbons (Fsp3) is 0.737. The molecule has 0 aromatic heterocycles. The molecular weight excluding hydrogens is 408 g/mol. The average Bonchev–Trinajstić information content (AvgIpc) is 2.63. The van der Waals surface area contributed by atoms with Gasteiger partial charge in [0.05, 0.1) is 6.54 Å². The summed E-state index contributed by atoms with van der Waals surface area (Å²) in [7, 11) is 0. The van der Waals surface area contributed by atoms with Gasteiger partial charge in [0, 0.05) is 19.5 Å². The molecule has 31 heavy (non-hydrogen) atoms. The third-order valence-electron chi connectivity index (χ3n) is 3.81. The fourth-order valence-corrected chi connectivity index (χ4v) is 2.39. The van der Waals surface area contributed by atoms with Crippen molar-refractivity contribution in [2.45, 2.75) is 70.9 Å². The normalized spacial score (nSPS) is 11.7. The third-order valence-corrected chi connectivity index (χ3v) is 3.81. The van der Waals surface area contributed by atoms with Crippen LogP contribution in [0.4, 0.5) is 4.79 Å². The van der Waals surface area contributed by atoms with E-state index >= 15 is 0 Å². The van der Waals surface area contributed by atoms with E-state index in [4.69, 9.17) is 21.0 Å². The summed E-state index contributed by atoms with van der Waals surface area (Å²) in [6, 6.07) is -1.09. The van der Waals surface area contributed by atoms with Gasteiger partial charge in [-0.1, -0.05) is 6.42 Å². The highest BCUT2D eigenvalue weighted by atomic mass is 16.6. The number of hydrogen-bond acceptors (Lipinski definition) is 6. The number of amides is 3. The smallest absolute Gasteiger partial charge is 0.407 e. The van der Waals surface area contributed by atoms with Gasteiger partial charge in [0.1, 0.15) is 11.6 Å². The topological polar surface area (TPSA) is 196 Å². The maximum absolute atomic E-state index is 11.9. The molecule has 0 fully saturated rings. The molecule has 8 N–H and O–H groups in total. The average molecular weight is 445 g/mol. The number of nitrogens with two attached hydrogens (primary N) is 1. The Morgan fingerprint density at radius 3 is 2.19 bits per heavy atom. The van der Waals surface area contributed by atoms with Crippen LogP contribution < -0.4 is 27.0 Å². The lowest BCUT2D eigenvalue weighted by Gasteiger charge is -2.19. The van der Waals surface area contributed by atoms with E-state index in [1.165, 1.54) is 0 Å². The van der Waals surface area contributed by atoms with Crippen LogP contribution in [0.3, 0.4) is 0 Å². The largest absolute Gasteiger partial charge is 0.480 e. The molecule has 0 aromatic carbocycles. The highest BCUT2D eigenvalue weighted by Gasteiger charge is 2.19. The van der Waals surface area contributed by atoms with Crippen LogP contribution in [0.15, 0.2) is 0 Å². The molecule has 1 atom stereocenters. The first-order valence-electron chi connectivity index (χ1n) is 10.2. The highest BCUT2D eigenvalue weighted by Crippen LogP contribution is 2.06. The van der Waals surface area contributed by atoms with Crippen molar-refractivity contribution in [3.8, 4) is 0 Å². The number of carbonyl (C=O) groups excluding carboxylic acids is 3. The van der Waals surface area contributed by atoms with Crippen LogP contribution in [0.25, 0.3) is 0 Å². The van der Waals surface area contributed by atoms with Crippen molar-refractivity contribution in [1.82, 2.24) is 21.3 Å². The Kier molecular flexibility index (Phi) is 13.4. The minimum Gasteiger partial charge on any atom is -0.480 e. The zero-order valence-electron chi connectivity index (χ0n) is 18.5. The SMILES string of the molecule is CC(C)(C)OC(=O)NCCCCCC(=O)NCC(=O)N[C@@H](CCCNC(=N)N)C(=O)O. The van der Waals surface area contributed by atoms with Gasteiger partial charge >= 0.3 is 12.1 Å². The van der Waals surface area contributed by atoms with Crippen LogP contribution >= 0.6 is 0 Å². The number of ether oxygens (including phenoxy) is 1. The van der Waals surface area contributed by atoms with Crippen molar-refractivity contribution in [3.05, 3.63) is 0 Å². The lowest BCUT2D eigenvalue weighted by Crippen LogP contribution is -2.45. The molecule has 0 saturated carbocycles. The van der Waals surface area contributed by atoms with Crippen molar-refractivity contribution in [2.24, 2.45) is 5.73 Å². The van der Waals surface area contributed by atoms with Crippen LogP contribution in [0.5, 0.6) is 0 Å². The maximum atomic E-state index is 11.9. The molecule has 12 nitrogen and oxygen atoms in total. The summed E-state index contributed by atoms with van der Waals surface area (Å²) in [6.07, 6.45) is 2.28. The lowest BCUT2D eigenvalue weighted by atomic mass is 10.1. The summed E-state index contributed by atoms with van der Waals surface area (Å²) in [5.41, 5.74) is 4.58. The molecule has 0 aliphatic carbocycles. The standard InChI is InChI=1S/C19H36N6O6/c1-19(2,3)31-18(30)23-10-6-4-5-9-14(26)24-12-15(27)25-13(16(28)29)8-7-11-22-17(20)21/h13H,4-12H2,1-3H3,(H,23,30)(H,24,26)(H,25,27)(H,28,29)(H4,20,21,22)/t13-/m0/s1. The first-order valence-corrected chi connectivity index (χ1v) is 10.2. The second-order valence-electron chi connectivity index (χ2n) is 7.96. The van der Waals surface area contributed by atoms with Crippen molar-refractivity contribution >= 4 is 29.8 Å². The predicted molar refractivity (Wildman–Crippen MR) is 114 cm³/mol. The first-order chi connectivity index (χ1) is 14.4. The van der Waals surface area contributed by atoms with Gasteiger partial charge in [0.15, 0.2) is 5.96 Å². The summed E-state index contributed by atoms with van der Waals surface area (Å²) in [6.45, 7) is 5.79. The van der Waals surface area contributed by atoms with Crippen molar-refractivity contribution < 1.29 is 29.0 Å². The van der Waals surface area contributed by atoms with E-state index in [0.29, 0.717) is 38.8 Å². The maximum Gasteiger partial charge on any atom is 0.407 e. The molecule has 178 valence electrons. The molecule has 0 heterocycles. The van der Waals surface area contributed by atoms with Gasteiger partial charge in [-0.2, -0.15) is 0 Å². The van der Waals surface area contributed by atoms with Crippen LogP contribution in [0.2, 0.25) is 0 Å². The zero-order valence-corrected chi connectivity index (χ0v) is 18.5. The molecular formula is C19H36N6O6. The quantitative estimate of drug-likeness (QED) is 0.110. The second-order valence-corrected chi connectivity index (χ2v) is 7.96. The number of rotatable bonds is 14. The van der Waals surface area contributed by atoms with E-state index in [1.54, 1.807) is 20.8 Å². The number of aliphatic carboxylic acids is 1. The number of carbonyl (C=O) groups is 4. The Hall–Kier alpha value is -3.05. The van der Waals surface area contributed by atoms with E-state index in [2.05, 4.69) is 21.3 Å². The van der Waals surface area contributed by atoms with Crippen LogP contribution in [0, 0.1) is 5.41 Å². The van der Waals surface area contributed by atoms with Gasteiger partial charge in [-0.25, -0.2) is 9.59 Å². The zero-order chi connectivity index (χ0) is 23.9. The molecule has 3 amide bonds. The van der Waals surface area contributed by atoms with Gasteiger partial charge in [-0.05, 0) is 46.5 Å². The Labute approximate surface area is 182 Å². The summed E-state index contributed by atoms with van der Waals surface area (Å²) in [5, 5.41) is 26.2. The number of hydrogen-bond donors (Lipinski definition) is 7. The number of alkyl carbamates (subject to hydrolysis) is 1. The van der Waals surface area contributed by atoms with Crippen LogP contribution in [-0.2, 0) is 19.1 Å². The molecule has 0 aromatic rings. The molecule has 0 bridgehead atoms. The summed E-state index contributed by atoms with van der Waals surface area (Å²) >= 11 is 0. The second kappa shape index (κ2) is 14.9. The first kappa shape index (κ1) is 27.9. The van der Waals surface area contributed by atoms with Gasteiger partial charge in [-0.15, -0.1) is 0 Å². The van der Waals surface area contributed by atoms with E-state index in [9.17, 15) is 19.2 Å². The molecule has 0 saturated heterocycles. The number of nitrogens with one attached hydrogen (secondary N) is 5. The molecule has 0 spiro atoms. The number of unbranched alkanes of at least 4 members (excludes halogenated alkanes) is 2. The molecule has 0 rings (SSSR count). The van der Waals surface area contributed by atoms with Gasteiger partial charge in [0.2, 0.25) is 11.8 Å². The van der Waals surface area contributed by atoms with E-state index in [-0.39, 0.29) is 31.3 Å². The number of carboxylic acids is 1. The minimum atomic E-state index is -1.18. The van der Waals surface area contributed by atoms with E-state index < -0.39 is 29.6 Å². The van der Waals surface area contributed by atoms with Gasteiger partial charge in [-0.3, -0.25) is 15.0 Å². The van der Waals surface area contributed by atoms with Gasteiger partial charge < -0.3 is 36.8 Å². The molecule has 0 unspecified atom stereocenters. The molecule has 0 aliphatic heterocycles. The van der Waals surface area contributed by atoms with E-state index in [1.807, 2.05) is 0 Å². The fourth-order valence-electron chi connectivity index (χ4n) is 2.39. The number of guanidine groups is 1. The van der Waals surface area contributed by atoms with E-state index in [0.717, 1.165) is 0 Å². The number of carboxylic acid groups (broad SMARTS) is 1. The van der Waals surface area contributed by atoms with Crippen molar-refractivity contribution in [2.75, 3.05) is 19.6 Å².